The van der Waals surface area contributed by atoms with Crippen molar-refractivity contribution in [3.8, 4) is 0 Å². The van der Waals surface area contributed by atoms with Gasteiger partial charge < -0.3 is 9.64 Å². The molecule has 1 saturated heterocycles. The summed E-state index contributed by atoms with van der Waals surface area (Å²) in [5.74, 6) is 0.769. The molecular formula is C15H27NO2. The van der Waals surface area contributed by atoms with Crippen LogP contribution < -0.4 is 0 Å². The minimum Gasteiger partial charge on any atom is -0.377 e. The molecule has 0 aromatic heterocycles. The van der Waals surface area contributed by atoms with E-state index < -0.39 is 0 Å². The molecule has 0 N–H and O–H groups in total. The van der Waals surface area contributed by atoms with E-state index in [0.717, 1.165) is 39.0 Å². The Balaban J connectivity index is 1.74. The number of ether oxygens (including phenoxy) is 1. The van der Waals surface area contributed by atoms with Crippen molar-refractivity contribution in [2.75, 3.05) is 26.7 Å². The Labute approximate surface area is 111 Å². The van der Waals surface area contributed by atoms with E-state index in [1.54, 1.807) is 0 Å². The van der Waals surface area contributed by atoms with Crippen LogP contribution in [-0.2, 0) is 9.53 Å². The molecule has 3 heteroatoms. The summed E-state index contributed by atoms with van der Waals surface area (Å²) in [6.45, 7) is 2.84. The number of hydrogen-bond acceptors (Lipinski definition) is 3. The first kappa shape index (κ1) is 14.0. The highest BCUT2D eigenvalue weighted by Gasteiger charge is 2.23. The van der Waals surface area contributed by atoms with Crippen molar-refractivity contribution in [3.63, 3.8) is 0 Å². The number of rotatable bonds is 4. The monoisotopic (exact) mass is 253 g/mol. The standard InChI is InChI=1S/C15H27NO2/c1-16(12-14-8-5-6-10-18-14)11-13-7-3-2-4-9-15(13)17/h13-14H,2-12H2,1H3. The molecule has 2 fully saturated rings. The van der Waals surface area contributed by atoms with Crippen LogP contribution in [0.4, 0.5) is 0 Å². The molecule has 2 unspecified atom stereocenters. The van der Waals surface area contributed by atoms with Gasteiger partial charge in [-0.05, 0) is 39.2 Å². The van der Waals surface area contributed by atoms with Gasteiger partial charge in [0.15, 0.2) is 0 Å². The summed E-state index contributed by atoms with van der Waals surface area (Å²) in [5, 5.41) is 0. The molecule has 1 heterocycles. The van der Waals surface area contributed by atoms with Crippen molar-refractivity contribution in [1.29, 1.82) is 0 Å². The lowest BCUT2D eigenvalue weighted by Crippen LogP contribution is -2.37. The fraction of sp³-hybridized carbons (Fsp3) is 0.933. The molecule has 0 bridgehead atoms. The van der Waals surface area contributed by atoms with E-state index in [1.165, 1.54) is 32.1 Å². The van der Waals surface area contributed by atoms with Crippen molar-refractivity contribution in [3.05, 3.63) is 0 Å². The maximum Gasteiger partial charge on any atom is 0.137 e. The zero-order valence-electron chi connectivity index (χ0n) is 11.7. The van der Waals surface area contributed by atoms with Gasteiger partial charge in [0.25, 0.3) is 0 Å². The Morgan fingerprint density at radius 3 is 2.72 bits per heavy atom. The number of Topliss-reactive ketones (excluding diaryl/α,β-unsaturated/α-hetero) is 1. The van der Waals surface area contributed by atoms with Crippen molar-refractivity contribution in [2.45, 2.75) is 57.5 Å². The van der Waals surface area contributed by atoms with Gasteiger partial charge in [-0.15, -0.1) is 0 Å². The Morgan fingerprint density at radius 2 is 1.94 bits per heavy atom. The molecule has 18 heavy (non-hydrogen) atoms. The number of carbonyl (C=O) groups is 1. The maximum absolute atomic E-state index is 12.0. The van der Waals surface area contributed by atoms with E-state index in [-0.39, 0.29) is 5.92 Å². The summed E-state index contributed by atoms with van der Waals surface area (Å²) in [4.78, 5) is 14.3. The van der Waals surface area contributed by atoms with Gasteiger partial charge in [0.1, 0.15) is 5.78 Å². The summed E-state index contributed by atoms with van der Waals surface area (Å²) >= 11 is 0. The molecule has 104 valence electrons. The average molecular weight is 253 g/mol. The first-order valence-electron chi connectivity index (χ1n) is 7.58. The molecule has 1 aliphatic heterocycles. The van der Waals surface area contributed by atoms with Gasteiger partial charge in [0, 0.05) is 32.0 Å². The summed E-state index contributed by atoms with van der Waals surface area (Å²) in [6.07, 6.45) is 9.54. The molecular weight excluding hydrogens is 226 g/mol. The van der Waals surface area contributed by atoms with E-state index in [0.29, 0.717) is 11.9 Å². The summed E-state index contributed by atoms with van der Waals surface area (Å²) in [5.41, 5.74) is 0. The van der Waals surface area contributed by atoms with Crippen LogP contribution in [0.15, 0.2) is 0 Å². The third-order valence-corrected chi connectivity index (χ3v) is 4.25. The number of hydrogen-bond donors (Lipinski definition) is 0. The average Bonchev–Trinajstić information content (AvgIpc) is 2.56. The largest absolute Gasteiger partial charge is 0.377 e. The van der Waals surface area contributed by atoms with Crippen LogP contribution in [0, 0.1) is 5.92 Å². The van der Waals surface area contributed by atoms with Crippen LogP contribution in [0.25, 0.3) is 0 Å². The minimum absolute atomic E-state index is 0.279. The minimum atomic E-state index is 0.279. The van der Waals surface area contributed by atoms with Gasteiger partial charge in [-0.1, -0.05) is 12.8 Å². The summed E-state index contributed by atoms with van der Waals surface area (Å²) in [7, 11) is 2.14. The topological polar surface area (TPSA) is 29.5 Å². The molecule has 0 aromatic rings. The maximum atomic E-state index is 12.0. The Kier molecular flexibility index (Phi) is 5.64. The molecule has 3 nitrogen and oxygen atoms in total. The van der Waals surface area contributed by atoms with Gasteiger partial charge in [0.05, 0.1) is 6.10 Å². The zero-order chi connectivity index (χ0) is 12.8. The lowest BCUT2D eigenvalue weighted by atomic mass is 9.98. The third-order valence-electron chi connectivity index (χ3n) is 4.25. The molecule has 2 rings (SSSR count). The summed E-state index contributed by atoms with van der Waals surface area (Å²) in [6, 6.07) is 0. The molecule has 1 saturated carbocycles. The Bertz CT molecular complexity index is 261. The SMILES string of the molecule is CN(CC1CCCCO1)CC1CCCCCC1=O. The molecule has 2 aliphatic rings. The van der Waals surface area contributed by atoms with Gasteiger partial charge in [-0.25, -0.2) is 0 Å². The Morgan fingerprint density at radius 1 is 1.11 bits per heavy atom. The normalized spacial score (nSPS) is 30.4. The highest BCUT2D eigenvalue weighted by molar-refractivity contribution is 5.81. The van der Waals surface area contributed by atoms with E-state index in [1.807, 2.05) is 0 Å². The first-order chi connectivity index (χ1) is 8.75. The molecule has 2 atom stereocenters. The molecule has 0 aromatic carbocycles. The lowest BCUT2D eigenvalue weighted by Gasteiger charge is -2.29. The smallest absolute Gasteiger partial charge is 0.137 e. The molecule has 0 spiro atoms. The van der Waals surface area contributed by atoms with Gasteiger partial charge >= 0.3 is 0 Å². The fourth-order valence-corrected chi connectivity index (χ4v) is 3.17. The second-order valence-electron chi connectivity index (χ2n) is 5.97. The van der Waals surface area contributed by atoms with Crippen molar-refractivity contribution in [1.82, 2.24) is 4.90 Å². The molecule has 0 amide bonds. The second kappa shape index (κ2) is 7.25. The van der Waals surface area contributed by atoms with Crippen molar-refractivity contribution in [2.24, 2.45) is 5.92 Å². The van der Waals surface area contributed by atoms with Crippen LogP contribution in [-0.4, -0.2) is 43.5 Å². The summed E-state index contributed by atoms with van der Waals surface area (Å²) < 4.78 is 5.76. The number of nitrogens with zero attached hydrogens (tertiary/aromatic N) is 1. The predicted octanol–water partition coefficient (Wildman–Crippen LogP) is 2.64. The predicted molar refractivity (Wildman–Crippen MR) is 72.7 cm³/mol. The van der Waals surface area contributed by atoms with Crippen LogP contribution in [0.2, 0.25) is 0 Å². The van der Waals surface area contributed by atoms with Crippen molar-refractivity contribution < 1.29 is 9.53 Å². The van der Waals surface area contributed by atoms with Gasteiger partial charge in [0.2, 0.25) is 0 Å². The zero-order valence-corrected chi connectivity index (χ0v) is 11.7. The highest BCUT2D eigenvalue weighted by Crippen LogP contribution is 2.21. The van der Waals surface area contributed by atoms with Gasteiger partial charge in [-0.3, -0.25) is 4.79 Å². The molecule has 0 radical (unpaired) electrons. The molecule has 1 aliphatic carbocycles. The van der Waals surface area contributed by atoms with Crippen molar-refractivity contribution >= 4 is 5.78 Å². The number of ketones is 1. The first-order valence-corrected chi connectivity index (χ1v) is 7.58. The van der Waals surface area contributed by atoms with Crippen LogP contribution in [0.3, 0.4) is 0 Å². The van der Waals surface area contributed by atoms with Crippen LogP contribution in [0.1, 0.15) is 51.4 Å². The highest BCUT2D eigenvalue weighted by atomic mass is 16.5. The Hall–Kier alpha value is -0.410. The van der Waals surface area contributed by atoms with E-state index in [2.05, 4.69) is 11.9 Å². The second-order valence-corrected chi connectivity index (χ2v) is 5.97. The lowest BCUT2D eigenvalue weighted by molar-refractivity contribution is -0.123. The fourth-order valence-electron chi connectivity index (χ4n) is 3.17. The van der Waals surface area contributed by atoms with Crippen LogP contribution in [0.5, 0.6) is 0 Å². The van der Waals surface area contributed by atoms with E-state index >= 15 is 0 Å². The van der Waals surface area contributed by atoms with E-state index in [9.17, 15) is 4.79 Å². The van der Waals surface area contributed by atoms with Crippen LogP contribution >= 0.6 is 0 Å². The quantitative estimate of drug-likeness (QED) is 0.721. The van der Waals surface area contributed by atoms with E-state index in [4.69, 9.17) is 4.74 Å². The number of carbonyl (C=O) groups excluding carboxylic acids is 1. The number of likely N-dealkylation sites (N-methyl/N-ethyl adjacent to an activating group) is 1. The van der Waals surface area contributed by atoms with Gasteiger partial charge in [-0.2, -0.15) is 0 Å². The third kappa shape index (κ3) is 4.36.